The number of hydrogen-bond donors (Lipinski definition) is 1. The average molecular weight is 511 g/mol. The number of nitrogens with zero attached hydrogens (tertiary/aromatic N) is 2. The van der Waals surface area contributed by atoms with Gasteiger partial charge in [0, 0.05) is 30.9 Å². The molecular weight excluding hydrogens is 484 g/mol. The van der Waals surface area contributed by atoms with Crippen LogP contribution in [0.4, 0.5) is 4.79 Å². The lowest BCUT2D eigenvalue weighted by Crippen LogP contribution is -2.25. The van der Waals surface area contributed by atoms with E-state index >= 15 is 0 Å². The molecular formula is C30H26N2O6. The Morgan fingerprint density at radius 1 is 1.00 bits per heavy atom. The molecule has 1 N–H and O–H groups in total. The number of benzene rings is 3. The SMILES string of the molecule is COc1c(-c2ccc3c(c2)CN(C(=O)OCc2ccccc2)C3)ccc2c(=O)c(C(=O)O)cn(C3CC3)c12. The molecule has 2 heterocycles. The van der Waals surface area contributed by atoms with Crippen molar-refractivity contribution in [2.75, 3.05) is 7.11 Å². The summed E-state index contributed by atoms with van der Waals surface area (Å²) in [5, 5.41) is 9.90. The van der Waals surface area contributed by atoms with Crippen LogP contribution in [0.2, 0.25) is 0 Å². The van der Waals surface area contributed by atoms with Gasteiger partial charge in [0.1, 0.15) is 12.2 Å². The maximum atomic E-state index is 13.0. The molecule has 2 aliphatic rings. The summed E-state index contributed by atoms with van der Waals surface area (Å²) in [6.45, 7) is 1.12. The zero-order chi connectivity index (χ0) is 26.4. The summed E-state index contributed by atoms with van der Waals surface area (Å²) in [7, 11) is 1.56. The van der Waals surface area contributed by atoms with Crippen molar-refractivity contribution in [1.29, 1.82) is 0 Å². The van der Waals surface area contributed by atoms with Crippen molar-refractivity contribution < 1.29 is 24.2 Å². The molecule has 0 atom stereocenters. The third kappa shape index (κ3) is 4.18. The fourth-order valence-corrected chi connectivity index (χ4v) is 5.15. The number of fused-ring (bicyclic) bond motifs is 2. The Bertz CT molecular complexity index is 1640. The molecule has 1 aliphatic heterocycles. The van der Waals surface area contributed by atoms with Crippen LogP contribution >= 0.6 is 0 Å². The van der Waals surface area contributed by atoms with E-state index in [1.165, 1.54) is 6.20 Å². The zero-order valence-electron chi connectivity index (χ0n) is 20.8. The van der Waals surface area contributed by atoms with Gasteiger partial charge >= 0.3 is 12.1 Å². The monoisotopic (exact) mass is 510 g/mol. The summed E-state index contributed by atoms with van der Waals surface area (Å²) in [6, 6.07) is 19.2. The number of rotatable bonds is 6. The van der Waals surface area contributed by atoms with Crippen LogP contribution in [0.5, 0.6) is 5.75 Å². The Morgan fingerprint density at radius 3 is 2.47 bits per heavy atom. The van der Waals surface area contributed by atoms with Gasteiger partial charge in [-0.3, -0.25) is 9.69 Å². The largest absolute Gasteiger partial charge is 0.494 e. The molecule has 38 heavy (non-hydrogen) atoms. The molecule has 0 bridgehead atoms. The number of carbonyl (C=O) groups excluding carboxylic acids is 1. The van der Waals surface area contributed by atoms with Crippen molar-refractivity contribution >= 4 is 23.0 Å². The van der Waals surface area contributed by atoms with Crippen LogP contribution in [0, 0.1) is 0 Å². The second-order valence-corrected chi connectivity index (χ2v) is 9.74. The average Bonchev–Trinajstić information content (AvgIpc) is 3.69. The maximum Gasteiger partial charge on any atom is 0.410 e. The summed E-state index contributed by atoms with van der Waals surface area (Å²) in [6.07, 6.45) is 2.91. The van der Waals surface area contributed by atoms with Crippen molar-refractivity contribution in [3.63, 3.8) is 0 Å². The first kappa shape index (κ1) is 23.8. The van der Waals surface area contributed by atoms with E-state index < -0.39 is 11.4 Å². The summed E-state index contributed by atoms with van der Waals surface area (Å²) in [5.74, 6) is -0.708. The number of amides is 1. The second kappa shape index (κ2) is 9.37. The van der Waals surface area contributed by atoms with Gasteiger partial charge in [0.15, 0.2) is 5.75 Å². The first-order valence-electron chi connectivity index (χ1n) is 12.5. The van der Waals surface area contributed by atoms with Crippen LogP contribution in [0.1, 0.15) is 45.9 Å². The molecule has 8 heteroatoms. The summed E-state index contributed by atoms with van der Waals surface area (Å²) >= 11 is 0. The van der Waals surface area contributed by atoms with Crippen molar-refractivity contribution in [2.24, 2.45) is 0 Å². The third-order valence-electron chi connectivity index (χ3n) is 7.22. The van der Waals surface area contributed by atoms with E-state index in [4.69, 9.17) is 9.47 Å². The Morgan fingerprint density at radius 2 is 1.76 bits per heavy atom. The zero-order valence-corrected chi connectivity index (χ0v) is 20.8. The Hall–Kier alpha value is -4.59. The second-order valence-electron chi connectivity index (χ2n) is 9.74. The van der Waals surface area contributed by atoms with Gasteiger partial charge in [-0.25, -0.2) is 9.59 Å². The molecule has 192 valence electrons. The van der Waals surface area contributed by atoms with E-state index in [9.17, 15) is 19.5 Å². The molecule has 0 radical (unpaired) electrons. The Kier molecular flexibility index (Phi) is 5.87. The highest BCUT2D eigenvalue weighted by Crippen LogP contribution is 2.43. The number of methoxy groups -OCH3 is 1. The predicted molar refractivity (Wildman–Crippen MR) is 141 cm³/mol. The molecule has 1 saturated carbocycles. The number of carboxylic acids is 1. The van der Waals surface area contributed by atoms with Crippen molar-refractivity contribution in [3.8, 4) is 16.9 Å². The molecule has 1 amide bonds. The highest BCUT2D eigenvalue weighted by atomic mass is 16.6. The normalized spacial score (nSPS) is 14.4. The van der Waals surface area contributed by atoms with Gasteiger partial charge in [-0.2, -0.15) is 0 Å². The molecule has 3 aromatic carbocycles. The summed E-state index contributed by atoms with van der Waals surface area (Å²) in [4.78, 5) is 39.1. The van der Waals surface area contributed by atoms with Crippen LogP contribution in [-0.4, -0.2) is 33.7 Å². The van der Waals surface area contributed by atoms with Gasteiger partial charge in [-0.05, 0) is 53.3 Å². The quantitative estimate of drug-likeness (QED) is 0.375. The first-order chi connectivity index (χ1) is 18.4. The predicted octanol–water partition coefficient (Wildman–Crippen LogP) is 5.36. The van der Waals surface area contributed by atoms with Crippen LogP contribution in [0.25, 0.3) is 22.0 Å². The van der Waals surface area contributed by atoms with Crippen LogP contribution in [0.3, 0.4) is 0 Å². The van der Waals surface area contributed by atoms with Crippen molar-refractivity contribution in [2.45, 2.75) is 38.6 Å². The van der Waals surface area contributed by atoms with Crippen LogP contribution < -0.4 is 10.2 Å². The lowest BCUT2D eigenvalue weighted by atomic mass is 9.97. The van der Waals surface area contributed by atoms with Crippen LogP contribution in [0.15, 0.2) is 71.7 Å². The molecule has 0 saturated heterocycles. The summed E-state index contributed by atoms with van der Waals surface area (Å²) in [5.41, 5.74) is 4.53. The number of pyridine rings is 1. The van der Waals surface area contributed by atoms with E-state index in [1.54, 1.807) is 24.1 Å². The minimum atomic E-state index is -1.24. The lowest BCUT2D eigenvalue weighted by Gasteiger charge is -2.18. The van der Waals surface area contributed by atoms with Gasteiger partial charge in [0.25, 0.3) is 0 Å². The number of carboxylic acid groups (broad SMARTS) is 1. The number of carbonyl (C=O) groups is 2. The van der Waals surface area contributed by atoms with E-state index in [-0.39, 0.29) is 24.3 Å². The molecule has 6 rings (SSSR count). The van der Waals surface area contributed by atoms with Gasteiger partial charge in [0.2, 0.25) is 5.43 Å². The number of aromatic nitrogens is 1. The van der Waals surface area contributed by atoms with E-state index in [0.29, 0.717) is 29.7 Å². The van der Waals surface area contributed by atoms with E-state index in [0.717, 1.165) is 40.7 Å². The molecule has 1 aliphatic carbocycles. The van der Waals surface area contributed by atoms with Gasteiger partial charge in [-0.1, -0.05) is 42.5 Å². The Balaban J connectivity index is 1.33. The van der Waals surface area contributed by atoms with Crippen LogP contribution in [-0.2, 0) is 24.4 Å². The third-order valence-corrected chi connectivity index (χ3v) is 7.22. The first-order valence-corrected chi connectivity index (χ1v) is 12.5. The fourth-order valence-electron chi connectivity index (χ4n) is 5.15. The minimum absolute atomic E-state index is 0.135. The molecule has 1 fully saturated rings. The number of ether oxygens (including phenoxy) is 2. The number of aromatic carboxylic acids is 1. The fraction of sp³-hybridized carbons (Fsp3) is 0.233. The summed E-state index contributed by atoms with van der Waals surface area (Å²) < 4.78 is 13.2. The standard InChI is InChI=1S/C30H26N2O6/c1-37-28-23(11-12-24-26(28)32(22-9-10-22)16-25(27(24)33)29(34)35)19-7-8-20-14-31(15-21(20)13-19)30(36)38-17-18-5-3-2-4-6-18/h2-8,11-13,16,22H,9-10,14-15,17H2,1H3,(H,34,35). The topological polar surface area (TPSA) is 98.1 Å². The van der Waals surface area contributed by atoms with Crippen molar-refractivity contribution in [1.82, 2.24) is 9.47 Å². The molecule has 0 spiro atoms. The van der Waals surface area contributed by atoms with Gasteiger partial charge in [-0.15, -0.1) is 0 Å². The van der Waals surface area contributed by atoms with E-state index in [2.05, 4.69) is 0 Å². The molecule has 0 unspecified atom stereocenters. The highest BCUT2D eigenvalue weighted by Gasteiger charge is 2.30. The molecule has 8 nitrogen and oxygen atoms in total. The molecule has 4 aromatic rings. The number of hydrogen-bond acceptors (Lipinski definition) is 5. The van der Waals surface area contributed by atoms with Gasteiger partial charge in [0.05, 0.1) is 18.0 Å². The highest BCUT2D eigenvalue weighted by molar-refractivity contribution is 5.97. The van der Waals surface area contributed by atoms with E-state index in [1.807, 2.05) is 53.1 Å². The molecule has 1 aromatic heterocycles. The minimum Gasteiger partial charge on any atom is -0.494 e. The Labute approximate surface area is 218 Å². The maximum absolute atomic E-state index is 13.0. The smallest absolute Gasteiger partial charge is 0.410 e. The lowest BCUT2D eigenvalue weighted by molar-refractivity contribution is 0.0694. The van der Waals surface area contributed by atoms with Gasteiger partial charge < -0.3 is 19.1 Å². The van der Waals surface area contributed by atoms with Crippen molar-refractivity contribution in [3.05, 3.63) is 99.3 Å².